The molecule has 1 aromatic carbocycles. The lowest BCUT2D eigenvalue weighted by molar-refractivity contribution is 0.516. The van der Waals surface area contributed by atoms with E-state index < -0.39 is 0 Å². The lowest BCUT2D eigenvalue weighted by Gasteiger charge is -2.04. The van der Waals surface area contributed by atoms with E-state index in [0.29, 0.717) is 0 Å². The normalized spacial score (nSPS) is 13.3. The van der Waals surface area contributed by atoms with Gasteiger partial charge in [0.25, 0.3) is 0 Å². The molecule has 1 unspecified atom stereocenters. The average Bonchev–Trinajstić information content (AvgIpc) is 2.61. The Morgan fingerprint density at radius 1 is 1.43 bits per heavy atom. The van der Waals surface area contributed by atoms with E-state index in [4.69, 9.17) is 10.2 Å². The van der Waals surface area contributed by atoms with Gasteiger partial charge in [-0.2, -0.15) is 11.8 Å². The highest BCUT2D eigenvalue weighted by Crippen LogP contribution is 2.23. The minimum atomic E-state index is -0.00241. The molecule has 14 heavy (non-hydrogen) atoms. The molecule has 74 valence electrons. The first kappa shape index (κ1) is 9.62. The number of nitrogens with two attached hydrogens (primary N) is 1. The first-order valence-corrected chi connectivity index (χ1v) is 5.93. The van der Waals surface area contributed by atoms with E-state index in [-0.39, 0.29) is 6.04 Å². The second-order valence-corrected chi connectivity index (χ2v) is 4.16. The Hall–Kier alpha value is -0.930. The summed E-state index contributed by atoms with van der Waals surface area (Å²) in [4.78, 5) is 0. The molecule has 0 fully saturated rings. The van der Waals surface area contributed by atoms with E-state index in [1.807, 2.05) is 36.6 Å². The maximum atomic E-state index is 5.95. The van der Waals surface area contributed by atoms with Crippen LogP contribution in [0.2, 0.25) is 0 Å². The molecule has 0 aliphatic heterocycles. The zero-order valence-corrected chi connectivity index (χ0v) is 8.88. The molecule has 3 heteroatoms. The zero-order chi connectivity index (χ0) is 9.97. The number of rotatable bonds is 3. The maximum absolute atomic E-state index is 5.95. The zero-order valence-electron chi connectivity index (χ0n) is 8.07. The Labute approximate surface area is 87.5 Å². The monoisotopic (exact) mass is 207 g/mol. The van der Waals surface area contributed by atoms with E-state index in [2.05, 4.69) is 0 Å². The Morgan fingerprint density at radius 2 is 2.21 bits per heavy atom. The summed E-state index contributed by atoms with van der Waals surface area (Å²) >= 11 is 1.73. The summed E-state index contributed by atoms with van der Waals surface area (Å²) < 4.78 is 5.64. The molecule has 0 spiro atoms. The fourth-order valence-electron chi connectivity index (χ4n) is 1.45. The predicted octanol–water partition coefficient (Wildman–Crippen LogP) is 2.80. The van der Waals surface area contributed by atoms with Crippen molar-refractivity contribution in [1.82, 2.24) is 0 Å². The lowest BCUT2D eigenvalue weighted by atomic mass is 10.2. The van der Waals surface area contributed by atoms with Crippen molar-refractivity contribution in [2.75, 3.05) is 12.0 Å². The molecule has 0 aliphatic carbocycles. The summed E-state index contributed by atoms with van der Waals surface area (Å²) in [6.45, 7) is 0. The van der Waals surface area contributed by atoms with Crippen LogP contribution in [0.25, 0.3) is 11.0 Å². The van der Waals surface area contributed by atoms with Crippen LogP contribution in [-0.4, -0.2) is 12.0 Å². The molecule has 2 aromatic rings. The van der Waals surface area contributed by atoms with Gasteiger partial charge in [0.15, 0.2) is 0 Å². The van der Waals surface area contributed by atoms with Crippen molar-refractivity contribution in [2.24, 2.45) is 5.73 Å². The van der Waals surface area contributed by atoms with Crippen molar-refractivity contribution >= 4 is 22.7 Å². The Morgan fingerprint density at radius 3 is 2.93 bits per heavy atom. The van der Waals surface area contributed by atoms with Crippen molar-refractivity contribution in [3.63, 3.8) is 0 Å². The summed E-state index contributed by atoms with van der Waals surface area (Å²) in [5, 5.41) is 1.12. The first-order valence-electron chi connectivity index (χ1n) is 4.54. The van der Waals surface area contributed by atoms with Crippen LogP contribution < -0.4 is 5.73 Å². The van der Waals surface area contributed by atoms with Gasteiger partial charge < -0.3 is 10.2 Å². The summed E-state index contributed by atoms with van der Waals surface area (Å²) in [6, 6.07) is 9.99. The van der Waals surface area contributed by atoms with E-state index >= 15 is 0 Å². The quantitative estimate of drug-likeness (QED) is 0.841. The van der Waals surface area contributed by atoms with Crippen LogP contribution in [0.4, 0.5) is 0 Å². The van der Waals surface area contributed by atoms with Gasteiger partial charge in [0, 0.05) is 11.1 Å². The smallest absolute Gasteiger partial charge is 0.134 e. The molecule has 0 bridgehead atoms. The molecular weight excluding hydrogens is 194 g/mol. The van der Waals surface area contributed by atoms with Crippen molar-refractivity contribution in [3.05, 3.63) is 36.1 Å². The van der Waals surface area contributed by atoms with Crippen molar-refractivity contribution < 1.29 is 4.42 Å². The highest BCUT2D eigenvalue weighted by atomic mass is 32.2. The van der Waals surface area contributed by atoms with Crippen LogP contribution in [0.3, 0.4) is 0 Å². The summed E-state index contributed by atoms with van der Waals surface area (Å²) in [6.07, 6.45) is 2.04. The van der Waals surface area contributed by atoms with Crippen molar-refractivity contribution in [3.8, 4) is 0 Å². The lowest BCUT2D eigenvalue weighted by Crippen LogP contribution is -2.11. The van der Waals surface area contributed by atoms with Gasteiger partial charge in [0.1, 0.15) is 11.3 Å². The van der Waals surface area contributed by atoms with Crippen LogP contribution in [0.5, 0.6) is 0 Å². The SMILES string of the molecule is CSCC(N)c1cc2ccccc2o1. The molecule has 0 saturated carbocycles. The van der Waals surface area contributed by atoms with Gasteiger partial charge >= 0.3 is 0 Å². The maximum Gasteiger partial charge on any atom is 0.134 e. The molecule has 1 atom stereocenters. The second-order valence-electron chi connectivity index (χ2n) is 3.25. The highest BCUT2D eigenvalue weighted by Gasteiger charge is 2.10. The van der Waals surface area contributed by atoms with Crippen LogP contribution in [0, 0.1) is 0 Å². The number of hydrogen-bond donors (Lipinski definition) is 1. The van der Waals surface area contributed by atoms with Gasteiger partial charge in [0.05, 0.1) is 6.04 Å². The number of furan rings is 1. The largest absolute Gasteiger partial charge is 0.459 e. The molecule has 0 saturated heterocycles. The van der Waals surface area contributed by atoms with E-state index in [1.54, 1.807) is 11.8 Å². The standard InChI is InChI=1S/C11H13NOS/c1-14-7-9(12)11-6-8-4-2-3-5-10(8)13-11/h2-6,9H,7,12H2,1H3. The van der Waals surface area contributed by atoms with Crippen LogP contribution >= 0.6 is 11.8 Å². The molecular formula is C11H13NOS. The average molecular weight is 207 g/mol. The molecule has 0 radical (unpaired) electrons. The summed E-state index contributed by atoms with van der Waals surface area (Å²) in [5.74, 6) is 1.76. The van der Waals surface area contributed by atoms with Gasteiger partial charge in [-0.25, -0.2) is 0 Å². The number of hydrogen-bond acceptors (Lipinski definition) is 3. The predicted molar refractivity (Wildman–Crippen MR) is 61.5 cm³/mol. The highest BCUT2D eigenvalue weighted by molar-refractivity contribution is 7.98. The summed E-state index contributed by atoms with van der Waals surface area (Å²) in [5.41, 5.74) is 6.87. The van der Waals surface area contributed by atoms with E-state index in [1.165, 1.54) is 0 Å². The number of thioether (sulfide) groups is 1. The molecule has 2 nitrogen and oxygen atoms in total. The molecule has 2 rings (SSSR count). The third kappa shape index (κ3) is 1.79. The summed E-state index contributed by atoms with van der Waals surface area (Å²) in [7, 11) is 0. The molecule has 1 aromatic heterocycles. The third-order valence-electron chi connectivity index (χ3n) is 2.16. The van der Waals surface area contributed by atoms with Crippen molar-refractivity contribution in [1.29, 1.82) is 0 Å². The number of fused-ring (bicyclic) bond motifs is 1. The van der Waals surface area contributed by atoms with Gasteiger partial charge in [-0.3, -0.25) is 0 Å². The van der Waals surface area contributed by atoms with E-state index in [0.717, 1.165) is 22.5 Å². The van der Waals surface area contributed by atoms with Crippen LogP contribution in [-0.2, 0) is 0 Å². The first-order chi connectivity index (χ1) is 6.81. The minimum Gasteiger partial charge on any atom is -0.459 e. The molecule has 1 heterocycles. The van der Waals surface area contributed by atoms with Crippen LogP contribution in [0.1, 0.15) is 11.8 Å². The minimum absolute atomic E-state index is 0.00241. The molecule has 0 aliphatic rings. The Bertz CT molecular complexity index is 391. The topological polar surface area (TPSA) is 39.2 Å². The Balaban J connectivity index is 2.35. The molecule has 2 N–H and O–H groups in total. The second kappa shape index (κ2) is 4.07. The fraction of sp³-hybridized carbons (Fsp3) is 0.273. The Kier molecular flexibility index (Phi) is 2.79. The van der Waals surface area contributed by atoms with Gasteiger partial charge in [-0.15, -0.1) is 0 Å². The number of para-hydroxylation sites is 1. The fourth-order valence-corrected chi connectivity index (χ4v) is 1.97. The van der Waals surface area contributed by atoms with Gasteiger partial charge in [0.2, 0.25) is 0 Å². The third-order valence-corrected chi connectivity index (χ3v) is 2.85. The molecule has 0 amide bonds. The van der Waals surface area contributed by atoms with Crippen LogP contribution in [0.15, 0.2) is 34.7 Å². The van der Waals surface area contributed by atoms with Crippen molar-refractivity contribution in [2.45, 2.75) is 6.04 Å². The van der Waals surface area contributed by atoms with E-state index in [9.17, 15) is 0 Å². The van der Waals surface area contributed by atoms with Gasteiger partial charge in [-0.1, -0.05) is 18.2 Å². The van der Waals surface area contributed by atoms with Gasteiger partial charge in [-0.05, 0) is 18.4 Å². The number of benzene rings is 1.